The van der Waals surface area contributed by atoms with E-state index < -0.39 is 9.84 Å². The molecular weight excluding hydrogens is 324 g/mol. The molecule has 1 fully saturated rings. The topological polar surface area (TPSA) is 80.5 Å². The fourth-order valence-corrected chi connectivity index (χ4v) is 4.31. The number of hydrogen-bond donors (Lipinski definition) is 1. The number of carbonyl (C=O) groups excluding carboxylic acids is 1. The third-order valence-corrected chi connectivity index (χ3v) is 5.89. The molecule has 1 atom stereocenters. The van der Waals surface area contributed by atoms with Crippen LogP contribution in [-0.4, -0.2) is 38.4 Å². The Kier molecular flexibility index (Phi) is 4.69. The van der Waals surface area contributed by atoms with Crippen LogP contribution >= 0.6 is 0 Å². The smallest absolute Gasteiger partial charge is 0.254 e. The first-order valence-electron chi connectivity index (χ1n) is 7.88. The number of nitrogens with zero attached hydrogens (tertiary/aromatic N) is 1. The van der Waals surface area contributed by atoms with E-state index in [9.17, 15) is 13.2 Å². The maximum atomic E-state index is 12.7. The second kappa shape index (κ2) is 6.75. The number of benzene rings is 2. The lowest BCUT2D eigenvalue weighted by atomic mass is 10.1. The Labute approximate surface area is 142 Å². The second-order valence-corrected chi connectivity index (χ2v) is 8.02. The van der Waals surface area contributed by atoms with E-state index in [1.54, 1.807) is 59.5 Å². The van der Waals surface area contributed by atoms with Gasteiger partial charge in [0.2, 0.25) is 0 Å². The Hall–Kier alpha value is -2.18. The summed E-state index contributed by atoms with van der Waals surface area (Å²) in [7, 11) is -3.50. The highest BCUT2D eigenvalue weighted by atomic mass is 32.2. The molecule has 126 valence electrons. The minimum absolute atomic E-state index is 0.00540. The van der Waals surface area contributed by atoms with E-state index in [2.05, 4.69) is 0 Å². The second-order valence-electron chi connectivity index (χ2n) is 6.03. The maximum absolute atomic E-state index is 12.7. The standard InChI is InChI=1S/C18H20N2O3S/c19-15-10-11-20(12-15)18(21)17-9-5-4-6-14(17)13-24(22,23)16-7-2-1-3-8-16/h1-9,15H,10-13,19H2. The lowest BCUT2D eigenvalue weighted by Crippen LogP contribution is -2.32. The fourth-order valence-electron chi connectivity index (χ4n) is 2.91. The number of amides is 1. The van der Waals surface area contributed by atoms with Gasteiger partial charge in [0.15, 0.2) is 9.84 Å². The Morgan fingerprint density at radius 1 is 1.08 bits per heavy atom. The number of likely N-dealkylation sites (tertiary alicyclic amines) is 1. The lowest BCUT2D eigenvalue weighted by Gasteiger charge is -2.18. The molecule has 2 aromatic carbocycles. The molecule has 1 unspecified atom stereocenters. The summed E-state index contributed by atoms with van der Waals surface area (Å²) in [6, 6.07) is 15.2. The van der Waals surface area contributed by atoms with Crippen LogP contribution in [0.5, 0.6) is 0 Å². The Morgan fingerprint density at radius 3 is 2.42 bits per heavy atom. The van der Waals surface area contributed by atoms with Gasteiger partial charge >= 0.3 is 0 Å². The first kappa shape index (κ1) is 16.7. The van der Waals surface area contributed by atoms with Gasteiger partial charge in [0, 0.05) is 24.7 Å². The van der Waals surface area contributed by atoms with Gasteiger partial charge in [-0.2, -0.15) is 0 Å². The molecule has 1 aliphatic rings. The van der Waals surface area contributed by atoms with Crippen LogP contribution in [0.4, 0.5) is 0 Å². The van der Waals surface area contributed by atoms with Crippen molar-refractivity contribution < 1.29 is 13.2 Å². The summed E-state index contributed by atoms with van der Waals surface area (Å²) < 4.78 is 25.2. The number of nitrogens with two attached hydrogens (primary N) is 1. The Bertz CT molecular complexity index is 834. The third-order valence-electron chi connectivity index (χ3n) is 4.21. The van der Waals surface area contributed by atoms with Crippen molar-refractivity contribution in [3.05, 3.63) is 65.7 Å². The molecule has 0 spiro atoms. The zero-order valence-corrected chi connectivity index (χ0v) is 14.1. The summed E-state index contributed by atoms with van der Waals surface area (Å²) in [6.45, 7) is 1.12. The van der Waals surface area contributed by atoms with Crippen molar-refractivity contribution in [3.8, 4) is 0 Å². The van der Waals surface area contributed by atoms with Crippen molar-refractivity contribution in [2.45, 2.75) is 23.1 Å². The maximum Gasteiger partial charge on any atom is 0.254 e. The molecule has 0 aliphatic carbocycles. The molecular formula is C18H20N2O3S. The van der Waals surface area contributed by atoms with Gasteiger partial charge in [0.05, 0.1) is 10.6 Å². The molecule has 3 rings (SSSR count). The van der Waals surface area contributed by atoms with Gasteiger partial charge in [-0.1, -0.05) is 36.4 Å². The minimum atomic E-state index is -3.50. The van der Waals surface area contributed by atoms with Crippen LogP contribution in [0.3, 0.4) is 0 Å². The molecule has 1 aliphatic heterocycles. The first-order valence-corrected chi connectivity index (χ1v) is 9.53. The van der Waals surface area contributed by atoms with E-state index in [-0.39, 0.29) is 22.6 Å². The average Bonchev–Trinajstić information content (AvgIpc) is 3.02. The minimum Gasteiger partial charge on any atom is -0.337 e. The van der Waals surface area contributed by atoms with Crippen LogP contribution in [0.1, 0.15) is 22.3 Å². The highest BCUT2D eigenvalue weighted by Gasteiger charge is 2.27. The zero-order chi connectivity index (χ0) is 17.2. The van der Waals surface area contributed by atoms with Gasteiger partial charge in [0.25, 0.3) is 5.91 Å². The van der Waals surface area contributed by atoms with Gasteiger partial charge in [-0.3, -0.25) is 4.79 Å². The molecule has 24 heavy (non-hydrogen) atoms. The summed E-state index contributed by atoms with van der Waals surface area (Å²) in [5, 5.41) is 0. The quantitative estimate of drug-likeness (QED) is 0.918. The predicted molar refractivity (Wildman–Crippen MR) is 92.3 cm³/mol. The molecule has 6 heteroatoms. The largest absolute Gasteiger partial charge is 0.337 e. The monoisotopic (exact) mass is 344 g/mol. The van der Waals surface area contributed by atoms with Crippen molar-refractivity contribution in [2.75, 3.05) is 13.1 Å². The Morgan fingerprint density at radius 2 is 1.75 bits per heavy atom. The highest BCUT2D eigenvalue weighted by molar-refractivity contribution is 7.90. The number of rotatable bonds is 4. The van der Waals surface area contributed by atoms with Crippen molar-refractivity contribution in [3.63, 3.8) is 0 Å². The van der Waals surface area contributed by atoms with Gasteiger partial charge in [-0.05, 0) is 30.2 Å². The Balaban J connectivity index is 1.89. The normalized spacial score (nSPS) is 17.9. The van der Waals surface area contributed by atoms with E-state index in [0.29, 0.717) is 24.2 Å². The summed E-state index contributed by atoms with van der Waals surface area (Å²) in [5.74, 6) is -0.347. The molecule has 0 saturated carbocycles. The summed E-state index contributed by atoms with van der Waals surface area (Å²) in [6.07, 6.45) is 0.774. The van der Waals surface area contributed by atoms with Crippen molar-refractivity contribution in [1.29, 1.82) is 0 Å². The van der Waals surface area contributed by atoms with Crippen LogP contribution in [0.15, 0.2) is 59.5 Å². The molecule has 0 bridgehead atoms. The lowest BCUT2D eigenvalue weighted by molar-refractivity contribution is 0.0790. The first-order chi connectivity index (χ1) is 11.5. The fraction of sp³-hybridized carbons (Fsp3) is 0.278. The van der Waals surface area contributed by atoms with E-state index in [4.69, 9.17) is 5.73 Å². The molecule has 1 amide bonds. The van der Waals surface area contributed by atoms with Gasteiger partial charge in [-0.15, -0.1) is 0 Å². The molecule has 2 aromatic rings. The van der Waals surface area contributed by atoms with Crippen LogP contribution in [0.25, 0.3) is 0 Å². The molecule has 1 heterocycles. The van der Waals surface area contributed by atoms with Crippen LogP contribution in [0.2, 0.25) is 0 Å². The van der Waals surface area contributed by atoms with E-state index in [1.807, 2.05) is 0 Å². The van der Waals surface area contributed by atoms with E-state index >= 15 is 0 Å². The van der Waals surface area contributed by atoms with Crippen molar-refractivity contribution in [1.82, 2.24) is 4.90 Å². The summed E-state index contributed by atoms with van der Waals surface area (Å²) in [5.41, 5.74) is 6.82. The number of carbonyl (C=O) groups is 1. The van der Waals surface area contributed by atoms with Crippen LogP contribution in [-0.2, 0) is 15.6 Å². The molecule has 0 aromatic heterocycles. The van der Waals surface area contributed by atoms with Crippen LogP contribution < -0.4 is 5.73 Å². The highest BCUT2D eigenvalue weighted by Crippen LogP contribution is 2.21. The van der Waals surface area contributed by atoms with Gasteiger partial charge in [-0.25, -0.2) is 8.42 Å². The van der Waals surface area contributed by atoms with Crippen molar-refractivity contribution in [2.24, 2.45) is 5.73 Å². The van der Waals surface area contributed by atoms with Crippen molar-refractivity contribution >= 4 is 15.7 Å². The van der Waals surface area contributed by atoms with Gasteiger partial charge < -0.3 is 10.6 Å². The van der Waals surface area contributed by atoms with E-state index in [1.165, 1.54) is 0 Å². The molecule has 0 radical (unpaired) electrons. The van der Waals surface area contributed by atoms with Crippen LogP contribution in [0, 0.1) is 0 Å². The predicted octanol–water partition coefficient (Wildman–Crippen LogP) is 1.83. The molecule has 5 nitrogen and oxygen atoms in total. The summed E-state index contributed by atoms with van der Waals surface area (Å²) >= 11 is 0. The zero-order valence-electron chi connectivity index (χ0n) is 13.3. The van der Waals surface area contributed by atoms with Gasteiger partial charge in [0.1, 0.15) is 0 Å². The average molecular weight is 344 g/mol. The third kappa shape index (κ3) is 3.49. The molecule has 1 saturated heterocycles. The molecule has 2 N–H and O–H groups in total. The SMILES string of the molecule is NC1CCN(C(=O)c2ccccc2CS(=O)(=O)c2ccccc2)C1. The number of sulfone groups is 1. The number of hydrogen-bond acceptors (Lipinski definition) is 4. The summed E-state index contributed by atoms with van der Waals surface area (Å²) in [4.78, 5) is 14.7. The van der Waals surface area contributed by atoms with E-state index in [0.717, 1.165) is 6.42 Å².